The van der Waals surface area contributed by atoms with Gasteiger partial charge in [-0.05, 0) is 41.8 Å². The van der Waals surface area contributed by atoms with E-state index in [2.05, 4.69) is 24.0 Å². The lowest BCUT2D eigenvalue weighted by molar-refractivity contribution is 0.0877. The van der Waals surface area contributed by atoms with Gasteiger partial charge in [0.25, 0.3) is 0 Å². The maximum Gasteiger partial charge on any atom is 0.243 e. The highest BCUT2D eigenvalue weighted by atomic mass is 32.2. The van der Waals surface area contributed by atoms with Crippen LogP contribution in [0, 0.1) is 0 Å². The standard InChI is InChI=1S/C20H25N5O3S/c1-13(2)20-23-22-19-8-5-15(11-25(19)20)14-3-6-16(7-4-14)29(27,28)24-10-9-17(21)18(26)12-24/h3-8,11,13,17-18,26H,9-10,12,21H2,1-2H3/t17-,18+/m0/s1. The quantitative estimate of drug-likeness (QED) is 0.669. The Bertz CT molecular complexity index is 1120. The number of sulfonamides is 1. The van der Waals surface area contributed by atoms with Crippen LogP contribution in [0.4, 0.5) is 0 Å². The molecular weight excluding hydrogens is 390 g/mol. The summed E-state index contributed by atoms with van der Waals surface area (Å²) in [7, 11) is -3.67. The summed E-state index contributed by atoms with van der Waals surface area (Å²) in [5.74, 6) is 1.11. The summed E-state index contributed by atoms with van der Waals surface area (Å²) >= 11 is 0. The molecule has 154 valence electrons. The van der Waals surface area contributed by atoms with E-state index < -0.39 is 16.1 Å². The molecule has 1 fully saturated rings. The number of nitrogens with two attached hydrogens (primary N) is 1. The maximum atomic E-state index is 12.9. The second-order valence-corrected chi connectivity index (χ2v) is 9.70. The van der Waals surface area contributed by atoms with Crippen molar-refractivity contribution in [3.63, 3.8) is 0 Å². The van der Waals surface area contributed by atoms with Gasteiger partial charge >= 0.3 is 0 Å². The lowest BCUT2D eigenvalue weighted by atomic mass is 10.1. The van der Waals surface area contributed by atoms with Crippen molar-refractivity contribution in [1.82, 2.24) is 18.9 Å². The van der Waals surface area contributed by atoms with E-state index in [1.807, 2.05) is 22.7 Å². The van der Waals surface area contributed by atoms with Gasteiger partial charge in [-0.2, -0.15) is 4.31 Å². The van der Waals surface area contributed by atoms with Gasteiger partial charge < -0.3 is 10.8 Å². The SMILES string of the molecule is CC(C)c1nnc2ccc(-c3ccc(S(=O)(=O)N4CC[C@H](N)[C@H](O)C4)cc3)cn12. The van der Waals surface area contributed by atoms with Crippen LogP contribution < -0.4 is 5.73 Å². The normalized spacial score (nSPS) is 21.1. The van der Waals surface area contributed by atoms with Crippen molar-refractivity contribution in [2.45, 2.75) is 43.2 Å². The first-order chi connectivity index (χ1) is 13.8. The van der Waals surface area contributed by atoms with Crippen LogP contribution in [0.1, 0.15) is 32.0 Å². The average Bonchev–Trinajstić information content (AvgIpc) is 3.13. The molecule has 0 unspecified atom stereocenters. The second-order valence-electron chi connectivity index (χ2n) is 7.77. The van der Waals surface area contributed by atoms with E-state index >= 15 is 0 Å². The number of piperidine rings is 1. The molecule has 0 saturated carbocycles. The van der Waals surface area contributed by atoms with Gasteiger partial charge in [0.1, 0.15) is 5.82 Å². The highest BCUT2D eigenvalue weighted by Gasteiger charge is 2.33. The minimum Gasteiger partial charge on any atom is -0.390 e. The summed E-state index contributed by atoms with van der Waals surface area (Å²) in [6.07, 6.45) is 1.56. The minimum atomic E-state index is -3.67. The Balaban J connectivity index is 1.62. The topological polar surface area (TPSA) is 114 Å². The Hall–Kier alpha value is -2.33. The molecule has 0 bridgehead atoms. The number of aliphatic hydroxyl groups is 1. The van der Waals surface area contributed by atoms with Crippen molar-refractivity contribution in [3.05, 3.63) is 48.4 Å². The Kier molecular flexibility index (Phi) is 5.16. The van der Waals surface area contributed by atoms with Crippen LogP contribution in [0.25, 0.3) is 16.8 Å². The molecule has 0 amide bonds. The molecule has 3 N–H and O–H groups in total. The molecular formula is C20H25N5O3S. The van der Waals surface area contributed by atoms with Gasteiger partial charge in [0.2, 0.25) is 10.0 Å². The van der Waals surface area contributed by atoms with Gasteiger partial charge in [0.15, 0.2) is 5.65 Å². The molecule has 0 spiro atoms. The molecule has 8 nitrogen and oxygen atoms in total. The third-order valence-electron chi connectivity index (χ3n) is 5.37. The third kappa shape index (κ3) is 3.66. The van der Waals surface area contributed by atoms with Crippen LogP contribution in [0.15, 0.2) is 47.5 Å². The number of benzene rings is 1. The van der Waals surface area contributed by atoms with Crippen molar-refractivity contribution >= 4 is 15.7 Å². The minimum absolute atomic E-state index is 0.0214. The summed E-state index contributed by atoms with van der Waals surface area (Å²) in [6.45, 7) is 4.46. The number of hydrogen-bond donors (Lipinski definition) is 2. The van der Waals surface area contributed by atoms with Crippen molar-refractivity contribution in [2.75, 3.05) is 13.1 Å². The predicted octanol–water partition coefficient (Wildman–Crippen LogP) is 1.60. The Morgan fingerprint density at radius 3 is 2.45 bits per heavy atom. The average molecular weight is 416 g/mol. The number of rotatable bonds is 4. The summed E-state index contributed by atoms with van der Waals surface area (Å²) in [5.41, 5.74) is 8.41. The summed E-state index contributed by atoms with van der Waals surface area (Å²) in [4.78, 5) is 0.206. The molecule has 3 aromatic rings. The number of aliphatic hydroxyl groups excluding tert-OH is 1. The van der Waals surface area contributed by atoms with Crippen LogP contribution in [-0.2, 0) is 10.0 Å². The van der Waals surface area contributed by atoms with E-state index in [0.29, 0.717) is 13.0 Å². The highest BCUT2D eigenvalue weighted by molar-refractivity contribution is 7.89. The van der Waals surface area contributed by atoms with E-state index in [1.165, 1.54) is 4.31 Å². The van der Waals surface area contributed by atoms with Gasteiger partial charge in [0.05, 0.1) is 11.0 Å². The number of fused-ring (bicyclic) bond motifs is 1. The van der Waals surface area contributed by atoms with Crippen LogP contribution in [0.3, 0.4) is 0 Å². The fourth-order valence-electron chi connectivity index (χ4n) is 3.58. The molecule has 2 atom stereocenters. The van der Waals surface area contributed by atoms with E-state index in [0.717, 1.165) is 22.6 Å². The van der Waals surface area contributed by atoms with Crippen molar-refractivity contribution < 1.29 is 13.5 Å². The third-order valence-corrected chi connectivity index (χ3v) is 7.25. The lowest BCUT2D eigenvalue weighted by Crippen LogP contribution is -2.52. The first-order valence-corrected chi connectivity index (χ1v) is 11.1. The molecule has 4 rings (SSSR count). The van der Waals surface area contributed by atoms with Gasteiger partial charge in [-0.1, -0.05) is 26.0 Å². The first kappa shape index (κ1) is 20.0. The largest absolute Gasteiger partial charge is 0.390 e. The van der Waals surface area contributed by atoms with Crippen molar-refractivity contribution in [2.24, 2.45) is 5.73 Å². The zero-order chi connectivity index (χ0) is 20.8. The molecule has 29 heavy (non-hydrogen) atoms. The van der Waals surface area contributed by atoms with Crippen LogP contribution in [-0.4, -0.2) is 57.7 Å². The van der Waals surface area contributed by atoms with Crippen molar-refractivity contribution in [3.8, 4) is 11.1 Å². The predicted molar refractivity (Wildman–Crippen MR) is 110 cm³/mol. The number of pyridine rings is 1. The van der Waals surface area contributed by atoms with Crippen molar-refractivity contribution in [1.29, 1.82) is 0 Å². The molecule has 3 heterocycles. The lowest BCUT2D eigenvalue weighted by Gasteiger charge is -2.33. The molecule has 1 aliphatic rings. The van der Waals surface area contributed by atoms with E-state index in [4.69, 9.17) is 5.73 Å². The number of nitrogens with zero attached hydrogens (tertiary/aromatic N) is 4. The van der Waals surface area contributed by atoms with Crippen LogP contribution in [0.5, 0.6) is 0 Å². The number of aromatic nitrogens is 3. The summed E-state index contributed by atoms with van der Waals surface area (Å²) in [6, 6.07) is 10.2. The molecule has 1 aliphatic heterocycles. The zero-order valence-electron chi connectivity index (χ0n) is 16.4. The van der Waals surface area contributed by atoms with Crippen LogP contribution >= 0.6 is 0 Å². The molecule has 0 radical (unpaired) electrons. The Morgan fingerprint density at radius 1 is 1.10 bits per heavy atom. The van der Waals surface area contributed by atoms with E-state index in [1.54, 1.807) is 24.3 Å². The zero-order valence-corrected chi connectivity index (χ0v) is 17.2. The number of hydrogen-bond acceptors (Lipinski definition) is 6. The van der Waals surface area contributed by atoms with E-state index in [-0.39, 0.29) is 23.4 Å². The fraction of sp³-hybridized carbons (Fsp3) is 0.400. The smallest absolute Gasteiger partial charge is 0.243 e. The van der Waals surface area contributed by atoms with Gasteiger partial charge in [-0.3, -0.25) is 4.40 Å². The molecule has 2 aromatic heterocycles. The molecule has 0 aliphatic carbocycles. The van der Waals surface area contributed by atoms with Gasteiger partial charge in [-0.15, -0.1) is 10.2 Å². The van der Waals surface area contributed by atoms with Gasteiger partial charge in [-0.25, -0.2) is 8.42 Å². The highest BCUT2D eigenvalue weighted by Crippen LogP contribution is 2.26. The molecule has 9 heteroatoms. The fourth-order valence-corrected chi connectivity index (χ4v) is 5.05. The molecule has 1 saturated heterocycles. The Labute approximate surface area is 170 Å². The molecule has 1 aromatic carbocycles. The van der Waals surface area contributed by atoms with Gasteiger partial charge in [0, 0.05) is 31.2 Å². The first-order valence-electron chi connectivity index (χ1n) is 9.66. The Morgan fingerprint density at radius 2 is 1.79 bits per heavy atom. The number of β-amino-alcohol motifs (C(OH)–C–C–N with tert-alkyl or cyclic N) is 1. The summed E-state index contributed by atoms with van der Waals surface area (Å²) < 4.78 is 29.1. The monoisotopic (exact) mass is 415 g/mol. The second kappa shape index (κ2) is 7.49. The maximum absolute atomic E-state index is 12.9. The van der Waals surface area contributed by atoms with Crippen LogP contribution in [0.2, 0.25) is 0 Å². The van der Waals surface area contributed by atoms with E-state index in [9.17, 15) is 13.5 Å². The summed E-state index contributed by atoms with van der Waals surface area (Å²) in [5, 5.41) is 18.4.